The Morgan fingerprint density at radius 3 is 2.24 bits per heavy atom. The highest BCUT2D eigenvalue weighted by atomic mass is 16.5. The average Bonchev–Trinajstić information content (AvgIpc) is 2.55. The summed E-state index contributed by atoms with van der Waals surface area (Å²) in [5, 5.41) is 8.71. The molecule has 0 N–H and O–H groups in total. The molecule has 1 aromatic rings. The zero-order valence-corrected chi connectivity index (χ0v) is 16.0. The van der Waals surface area contributed by atoms with Crippen LogP contribution in [0.2, 0.25) is 0 Å². The van der Waals surface area contributed by atoms with Crippen molar-refractivity contribution in [3.8, 4) is 17.6 Å². The molecule has 0 bridgehead atoms. The number of rotatable bonds is 8. The van der Waals surface area contributed by atoms with Crippen LogP contribution in [0.1, 0.15) is 39.7 Å². The molecule has 5 heteroatoms. The highest BCUT2D eigenvalue weighted by molar-refractivity contribution is 5.41. The second-order valence-corrected chi connectivity index (χ2v) is 7.13. The lowest BCUT2D eigenvalue weighted by molar-refractivity contribution is 0.127. The second-order valence-electron chi connectivity index (χ2n) is 7.13. The number of piperazine rings is 1. The minimum atomic E-state index is 0.135. The van der Waals surface area contributed by atoms with E-state index in [9.17, 15) is 0 Å². The van der Waals surface area contributed by atoms with Crippen molar-refractivity contribution in [1.82, 2.24) is 9.80 Å². The van der Waals surface area contributed by atoms with Crippen LogP contribution in [-0.4, -0.2) is 54.7 Å². The van der Waals surface area contributed by atoms with Gasteiger partial charge in [0.1, 0.15) is 11.5 Å². The molecule has 1 aromatic carbocycles. The molecule has 1 saturated heterocycles. The summed E-state index contributed by atoms with van der Waals surface area (Å²) in [4.78, 5) is 4.82. The van der Waals surface area contributed by atoms with Crippen molar-refractivity contribution in [3.63, 3.8) is 0 Å². The molecule has 1 aliphatic heterocycles. The Morgan fingerprint density at radius 2 is 1.64 bits per heavy atom. The van der Waals surface area contributed by atoms with Gasteiger partial charge in [-0.25, -0.2) is 0 Å². The quantitative estimate of drug-likeness (QED) is 0.723. The Kier molecular flexibility index (Phi) is 7.54. The van der Waals surface area contributed by atoms with Crippen LogP contribution in [0, 0.1) is 11.3 Å². The van der Waals surface area contributed by atoms with E-state index in [4.69, 9.17) is 14.7 Å². The van der Waals surface area contributed by atoms with Crippen molar-refractivity contribution in [2.45, 2.75) is 52.9 Å². The van der Waals surface area contributed by atoms with Crippen LogP contribution in [-0.2, 0) is 6.54 Å². The molecule has 0 radical (unpaired) electrons. The number of ether oxygens (including phenoxy) is 2. The number of nitriles is 1. The van der Waals surface area contributed by atoms with Gasteiger partial charge in [-0.15, -0.1) is 0 Å². The maximum absolute atomic E-state index is 8.71. The van der Waals surface area contributed by atoms with Crippen molar-refractivity contribution < 1.29 is 9.47 Å². The predicted molar refractivity (Wildman–Crippen MR) is 99.9 cm³/mol. The molecule has 0 aromatic heterocycles. The minimum absolute atomic E-state index is 0.135. The molecule has 1 fully saturated rings. The highest BCUT2D eigenvalue weighted by Crippen LogP contribution is 2.28. The molecule has 0 saturated carbocycles. The molecule has 5 nitrogen and oxygen atoms in total. The summed E-state index contributed by atoms with van der Waals surface area (Å²) in [5.41, 5.74) is 1.20. The van der Waals surface area contributed by atoms with Gasteiger partial charge in [0.25, 0.3) is 0 Å². The molecule has 0 amide bonds. The van der Waals surface area contributed by atoms with Crippen LogP contribution in [0.3, 0.4) is 0 Å². The normalized spacial score (nSPS) is 16.2. The molecule has 1 heterocycles. The third-order valence-corrected chi connectivity index (χ3v) is 4.17. The van der Waals surface area contributed by atoms with E-state index >= 15 is 0 Å². The first-order valence-electron chi connectivity index (χ1n) is 9.26. The molecule has 138 valence electrons. The van der Waals surface area contributed by atoms with Crippen molar-refractivity contribution in [1.29, 1.82) is 5.26 Å². The molecule has 0 spiro atoms. The Hall–Kier alpha value is -1.77. The number of hydrogen-bond donors (Lipinski definition) is 0. The maximum atomic E-state index is 8.71. The third-order valence-electron chi connectivity index (χ3n) is 4.17. The first-order valence-corrected chi connectivity index (χ1v) is 9.26. The molecular weight excluding hydrogens is 314 g/mol. The summed E-state index contributed by atoms with van der Waals surface area (Å²) in [6.45, 7) is 14.0. The van der Waals surface area contributed by atoms with Crippen LogP contribution in [0.25, 0.3) is 0 Å². The topological polar surface area (TPSA) is 48.7 Å². The van der Waals surface area contributed by atoms with Gasteiger partial charge in [-0.3, -0.25) is 9.80 Å². The Labute approximate surface area is 152 Å². The number of nitrogens with zero attached hydrogens (tertiary/aromatic N) is 3. The van der Waals surface area contributed by atoms with Crippen LogP contribution >= 0.6 is 0 Å². The summed E-state index contributed by atoms with van der Waals surface area (Å²) < 4.78 is 11.8. The zero-order valence-electron chi connectivity index (χ0n) is 16.0. The van der Waals surface area contributed by atoms with E-state index in [0.717, 1.165) is 50.8 Å². The second kappa shape index (κ2) is 9.65. The van der Waals surface area contributed by atoms with Crippen LogP contribution in [0.5, 0.6) is 11.5 Å². The lowest BCUT2D eigenvalue weighted by Gasteiger charge is -2.34. The van der Waals surface area contributed by atoms with E-state index in [-0.39, 0.29) is 12.2 Å². The zero-order chi connectivity index (χ0) is 18.2. The minimum Gasteiger partial charge on any atom is -0.491 e. The van der Waals surface area contributed by atoms with Gasteiger partial charge >= 0.3 is 0 Å². The Balaban J connectivity index is 1.99. The van der Waals surface area contributed by atoms with E-state index in [0.29, 0.717) is 6.42 Å². The summed E-state index contributed by atoms with van der Waals surface area (Å²) in [7, 11) is 0. The molecule has 1 aliphatic rings. The van der Waals surface area contributed by atoms with Crippen molar-refractivity contribution >= 4 is 0 Å². The average molecular weight is 345 g/mol. The van der Waals surface area contributed by atoms with Crippen molar-refractivity contribution in [2.24, 2.45) is 0 Å². The molecule has 0 atom stereocenters. The summed E-state index contributed by atoms with van der Waals surface area (Å²) in [5.74, 6) is 1.77. The monoisotopic (exact) mass is 345 g/mol. The molecule has 0 unspecified atom stereocenters. The summed E-state index contributed by atoms with van der Waals surface area (Å²) >= 11 is 0. The fraction of sp³-hybridized carbons (Fsp3) is 0.650. The number of benzene rings is 1. The summed E-state index contributed by atoms with van der Waals surface area (Å²) in [6, 6.07) is 8.39. The van der Waals surface area contributed by atoms with Gasteiger partial charge in [0.05, 0.1) is 18.3 Å². The van der Waals surface area contributed by atoms with E-state index in [1.165, 1.54) is 5.56 Å². The highest BCUT2D eigenvalue weighted by Gasteiger charge is 2.18. The van der Waals surface area contributed by atoms with E-state index in [2.05, 4.69) is 21.9 Å². The van der Waals surface area contributed by atoms with Gasteiger partial charge in [-0.1, -0.05) is 6.07 Å². The van der Waals surface area contributed by atoms with Gasteiger partial charge in [0.15, 0.2) is 0 Å². The van der Waals surface area contributed by atoms with Crippen molar-refractivity contribution in [3.05, 3.63) is 23.8 Å². The largest absolute Gasteiger partial charge is 0.491 e. The van der Waals surface area contributed by atoms with Gasteiger partial charge in [-0.2, -0.15) is 5.26 Å². The standard InChI is InChI=1S/C20H31N3O2/c1-16(2)24-19-7-6-18(20(14-19)25-17(3)4)15-23-12-10-22(11-13-23)9-5-8-21/h6-7,14,16-17H,5,9-13,15H2,1-4H3. The first-order chi connectivity index (χ1) is 12.0. The van der Waals surface area contributed by atoms with E-state index in [1.807, 2.05) is 39.8 Å². The Morgan fingerprint density at radius 1 is 1.00 bits per heavy atom. The van der Waals surface area contributed by atoms with E-state index < -0.39 is 0 Å². The van der Waals surface area contributed by atoms with Gasteiger partial charge in [0, 0.05) is 57.3 Å². The lowest BCUT2D eigenvalue weighted by atomic mass is 10.1. The fourth-order valence-electron chi connectivity index (χ4n) is 2.99. The molecule has 2 rings (SSSR count). The SMILES string of the molecule is CC(C)Oc1ccc(CN2CCN(CCC#N)CC2)c(OC(C)C)c1. The molecule has 0 aliphatic carbocycles. The first kappa shape index (κ1) is 19.6. The van der Waals surface area contributed by atoms with Crippen LogP contribution in [0.4, 0.5) is 0 Å². The maximum Gasteiger partial charge on any atom is 0.127 e. The van der Waals surface area contributed by atoms with Gasteiger partial charge < -0.3 is 9.47 Å². The van der Waals surface area contributed by atoms with Gasteiger partial charge in [0.2, 0.25) is 0 Å². The summed E-state index contributed by atoms with van der Waals surface area (Å²) in [6.07, 6.45) is 0.902. The molecule has 25 heavy (non-hydrogen) atoms. The lowest BCUT2D eigenvalue weighted by Crippen LogP contribution is -2.46. The van der Waals surface area contributed by atoms with Crippen LogP contribution < -0.4 is 9.47 Å². The van der Waals surface area contributed by atoms with Crippen molar-refractivity contribution in [2.75, 3.05) is 32.7 Å². The number of hydrogen-bond acceptors (Lipinski definition) is 5. The Bertz CT molecular complexity index is 573. The molecular formula is C20H31N3O2. The fourth-order valence-corrected chi connectivity index (χ4v) is 2.99. The predicted octanol–water partition coefficient (Wildman–Crippen LogP) is 3.29. The smallest absolute Gasteiger partial charge is 0.127 e. The van der Waals surface area contributed by atoms with E-state index in [1.54, 1.807) is 0 Å². The third kappa shape index (κ3) is 6.56. The van der Waals surface area contributed by atoms with Crippen LogP contribution in [0.15, 0.2) is 18.2 Å². The van der Waals surface area contributed by atoms with Gasteiger partial charge in [-0.05, 0) is 33.8 Å².